The van der Waals surface area contributed by atoms with Crippen LogP contribution in [0.2, 0.25) is 0 Å². The van der Waals surface area contributed by atoms with Crippen LogP contribution in [0.1, 0.15) is 30.5 Å². The first kappa shape index (κ1) is 19.7. The average molecular weight is 378 g/mol. The van der Waals surface area contributed by atoms with Gasteiger partial charge in [0.2, 0.25) is 0 Å². The second-order valence-electron chi connectivity index (χ2n) is 7.54. The zero-order valence-corrected chi connectivity index (χ0v) is 17.0. The first-order valence-corrected chi connectivity index (χ1v) is 9.41. The summed E-state index contributed by atoms with van der Waals surface area (Å²) < 4.78 is 5.19. The number of benzene rings is 2. The molecule has 0 atom stereocenters. The van der Waals surface area contributed by atoms with Gasteiger partial charge in [-0.15, -0.1) is 0 Å². The number of nitrogens with one attached hydrogen (secondary N) is 1. The van der Waals surface area contributed by atoms with E-state index in [9.17, 15) is 9.59 Å². The molecule has 1 aliphatic heterocycles. The number of hydrogen-bond donors (Lipinski definition) is 1. The van der Waals surface area contributed by atoms with Gasteiger partial charge in [-0.2, -0.15) is 0 Å². The molecule has 0 aromatic heterocycles. The van der Waals surface area contributed by atoms with Crippen molar-refractivity contribution in [1.29, 1.82) is 0 Å². The SMILES string of the molecule is COc1ccc(NC2=C(c3ccc(C)cc3C)C(=O)N(CC(C)C)C2=O)cc1. The minimum absolute atomic E-state index is 0.189. The van der Waals surface area contributed by atoms with Crippen LogP contribution in [0.15, 0.2) is 48.2 Å². The average Bonchev–Trinajstić information content (AvgIpc) is 2.87. The third kappa shape index (κ3) is 3.79. The minimum Gasteiger partial charge on any atom is -0.497 e. The molecule has 28 heavy (non-hydrogen) atoms. The lowest BCUT2D eigenvalue weighted by Gasteiger charge is -2.17. The Morgan fingerprint density at radius 1 is 1.00 bits per heavy atom. The number of hydrogen-bond acceptors (Lipinski definition) is 4. The predicted molar refractivity (Wildman–Crippen MR) is 111 cm³/mol. The molecule has 3 rings (SSSR count). The highest BCUT2D eigenvalue weighted by Gasteiger charge is 2.39. The lowest BCUT2D eigenvalue weighted by molar-refractivity contribution is -0.137. The Bertz CT molecular complexity index is 943. The quantitative estimate of drug-likeness (QED) is 0.767. The van der Waals surface area contributed by atoms with Gasteiger partial charge in [-0.25, -0.2) is 0 Å². The Morgan fingerprint density at radius 2 is 1.68 bits per heavy atom. The van der Waals surface area contributed by atoms with E-state index in [2.05, 4.69) is 5.32 Å². The summed E-state index contributed by atoms with van der Waals surface area (Å²) >= 11 is 0. The predicted octanol–water partition coefficient (Wildman–Crippen LogP) is 4.16. The third-order valence-electron chi connectivity index (χ3n) is 4.73. The maximum absolute atomic E-state index is 13.2. The largest absolute Gasteiger partial charge is 0.497 e. The van der Waals surface area contributed by atoms with Crippen LogP contribution in [-0.2, 0) is 9.59 Å². The van der Waals surface area contributed by atoms with Crippen molar-refractivity contribution in [3.8, 4) is 5.75 Å². The standard InChI is InChI=1S/C23H26N2O3/c1-14(2)13-25-22(26)20(19-11-6-15(3)12-16(19)4)21(23(25)27)24-17-7-9-18(28-5)10-8-17/h6-12,14,24H,13H2,1-5H3. The normalized spacial score (nSPS) is 14.3. The van der Waals surface area contributed by atoms with Crippen molar-refractivity contribution in [2.45, 2.75) is 27.7 Å². The number of rotatable bonds is 6. The van der Waals surface area contributed by atoms with Crippen molar-refractivity contribution in [2.75, 3.05) is 19.0 Å². The number of anilines is 1. The summed E-state index contributed by atoms with van der Waals surface area (Å²) in [6, 6.07) is 13.2. The van der Waals surface area contributed by atoms with Crippen LogP contribution in [0.4, 0.5) is 5.69 Å². The molecule has 5 nitrogen and oxygen atoms in total. The van der Waals surface area contributed by atoms with Crippen molar-refractivity contribution in [3.05, 3.63) is 64.9 Å². The Labute approximate surface area is 166 Å². The molecule has 0 aliphatic carbocycles. The van der Waals surface area contributed by atoms with Crippen LogP contribution in [0.25, 0.3) is 5.57 Å². The number of imide groups is 1. The zero-order chi connectivity index (χ0) is 20.4. The van der Waals surface area contributed by atoms with E-state index in [1.54, 1.807) is 7.11 Å². The van der Waals surface area contributed by atoms with Gasteiger partial charge in [0.05, 0.1) is 12.7 Å². The van der Waals surface area contributed by atoms with Gasteiger partial charge in [0.25, 0.3) is 11.8 Å². The molecule has 5 heteroatoms. The number of amides is 2. The van der Waals surface area contributed by atoms with Crippen molar-refractivity contribution < 1.29 is 14.3 Å². The Kier molecular flexibility index (Phi) is 5.54. The Hall–Kier alpha value is -3.08. The van der Waals surface area contributed by atoms with E-state index in [0.717, 1.165) is 28.1 Å². The molecule has 0 saturated carbocycles. The fourth-order valence-corrected chi connectivity index (χ4v) is 3.39. The second kappa shape index (κ2) is 7.89. The molecule has 1 heterocycles. The summed E-state index contributed by atoms with van der Waals surface area (Å²) in [5.74, 6) is 0.379. The van der Waals surface area contributed by atoms with Crippen LogP contribution in [0.5, 0.6) is 5.75 Å². The topological polar surface area (TPSA) is 58.6 Å². The van der Waals surface area contributed by atoms with Gasteiger partial charge < -0.3 is 10.1 Å². The van der Waals surface area contributed by atoms with E-state index in [0.29, 0.717) is 17.8 Å². The molecule has 2 aromatic carbocycles. The molecule has 0 radical (unpaired) electrons. The summed E-state index contributed by atoms with van der Waals surface area (Å²) in [7, 11) is 1.60. The van der Waals surface area contributed by atoms with E-state index in [4.69, 9.17) is 4.74 Å². The number of carbonyl (C=O) groups excluding carboxylic acids is 2. The van der Waals surface area contributed by atoms with Crippen LogP contribution in [0, 0.1) is 19.8 Å². The highest BCUT2D eigenvalue weighted by atomic mass is 16.5. The van der Waals surface area contributed by atoms with E-state index >= 15 is 0 Å². The first-order valence-electron chi connectivity index (χ1n) is 9.41. The van der Waals surface area contributed by atoms with Gasteiger partial charge in [0.15, 0.2) is 0 Å². The number of aryl methyl sites for hydroxylation is 2. The first-order chi connectivity index (χ1) is 13.3. The summed E-state index contributed by atoms with van der Waals surface area (Å²) in [5, 5.41) is 3.18. The molecular formula is C23H26N2O3. The smallest absolute Gasteiger partial charge is 0.278 e. The maximum Gasteiger partial charge on any atom is 0.278 e. The second-order valence-corrected chi connectivity index (χ2v) is 7.54. The lowest BCUT2D eigenvalue weighted by atomic mass is 9.97. The molecule has 146 valence electrons. The van der Waals surface area contributed by atoms with E-state index in [1.165, 1.54) is 4.90 Å². The van der Waals surface area contributed by atoms with Crippen molar-refractivity contribution in [2.24, 2.45) is 5.92 Å². The number of carbonyl (C=O) groups is 2. The Morgan fingerprint density at radius 3 is 2.25 bits per heavy atom. The van der Waals surface area contributed by atoms with Gasteiger partial charge in [-0.3, -0.25) is 14.5 Å². The van der Waals surface area contributed by atoms with Crippen molar-refractivity contribution in [1.82, 2.24) is 4.90 Å². The summed E-state index contributed by atoms with van der Waals surface area (Å²) in [6.07, 6.45) is 0. The minimum atomic E-state index is -0.288. The molecule has 2 amide bonds. The van der Waals surface area contributed by atoms with Crippen LogP contribution >= 0.6 is 0 Å². The summed E-state index contributed by atoms with van der Waals surface area (Å²) in [6.45, 7) is 8.34. The molecule has 0 saturated heterocycles. The number of methoxy groups -OCH3 is 1. The molecule has 1 aliphatic rings. The van der Waals surface area contributed by atoms with Crippen molar-refractivity contribution in [3.63, 3.8) is 0 Å². The Balaban J connectivity index is 2.07. The van der Waals surface area contributed by atoms with Gasteiger partial charge in [0.1, 0.15) is 11.4 Å². The van der Waals surface area contributed by atoms with E-state index in [-0.39, 0.29) is 17.7 Å². The number of ether oxygens (including phenoxy) is 1. The van der Waals surface area contributed by atoms with Crippen LogP contribution < -0.4 is 10.1 Å². The molecular weight excluding hydrogens is 352 g/mol. The zero-order valence-electron chi connectivity index (χ0n) is 17.0. The lowest BCUT2D eigenvalue weighted by Crippen LogP contribution is -2.35. The van der Waals surface area contributed by atoms with Gasteiger partial charge >= 0.3 is 0 Å². The van der Waals surface area contributed by atoms with Gasteiger partial charge in [0, 0.05) is 12.2 Å². The van der Waals surface area contributed by atoms with E-state index in [1.807, 2.05) is 70.2 Å². The van der Waals surface area contributed by atoms with Gasteiger partial charge in [-0.05, 0) is 55.2 Å². The van der Waals surface area contributed by atoms with Crippen LogP contribution in [0.3, 0.4) is 0 Å². The maximum atomic E-state index is 13.2. The molecule has 0 fully saturated rings. The third-order valence-corrected chi connectivity index (χ3v) is 4.73. The summed E-state index contributed by atoms with van der Waals surface area (Å²) in [4.78, 5) is 27.6. The van der Waals surface area contributed by atoms with Crippen molar-refractivity contribution >= 4 is 23.1 Å². The van der Waals surface area contributed by atoms with Gasteiger partial charge in [-0.1, -0.05) is 37.6 Å². The fourth-order valence-electron chi connectivity index (χ4n) is 3.39. The van der Waals surface area contributed by atoms with Crippen LogP contribution in [-0.4, -0.2) is 30.4 Å². The molecule has 1 N–H and O–H groups in total. The number of nitrogens with zero attached hydrogens (tertiary/aromatic N) is 1. The fraction of sp³-hybridized carbons (Fsp3) is 0.304. The highest BCUT2D eigenvalue weighted by molar-refractivity contribution is 6.36. The summed E-state index contributed by atoms with van der Waals surface area (Å²) in [5.41, 5.74) is 4.34. The molecule has 0 unspecified atom stereocenters. The monoisotopic (exact) mass is 378 g/mol. The molecule has 2 aromatic rings. The molecule has 0 spiro atoms. The highest BCUT2D eigenvalue weighted by Crippen LogP contribution is 2.33. The molecule has 0 bridgehead atoms. The van der Waals surface area contributed by atoms with E-state index < -0.39 is 0 Å².